The van der Waals surface area contributed by atoms with Gasteiger partial charge in [-0.1, -0.05) is 0 Å². The number of likely N-dealkylation sites (tertiary alicyclic amines) is 1. The van der Waals surface area contributed by atoms with Crippen LogP contribution in [0, 0.1) is 0 Å². The Balaban J connectivity index is 1.76. The molecule has 1 amide bonds. The highest BCUT2D eigenvalue weighted by Gasteiger charge is 2.48. The summed E-state index contributed by atoms with van der Waals surface area (Å²) in [6.45, 7) is 6.36. The molecule has 27 heavy (non-hydrogen) atoms. The molecule has 1 aromatic carbocycles. The first-order chi connectivity index (χ1) is 12.5. The number of carbonyl (C=O) groups is 1. The molecule has 0 radical (unpaired) electrons. The van der Waals surface area contributed by atoms with Crippen molar-refractivity contribution >= 4 is 16.0 Å². The molecule has 1 fully saturated rings. The van der Waals surface area contributed by atoms with Gasteiger partial charge in [0.15, 0.2) is 0 Å². The second-order valence-corrected chi connectivity index (χ2v) is 8.62. The van der Waals surface area contributed by atoms with E-state index in [9.17, 15) is 26.4 Å². The van der Waals surface area contributed by atoms with Crippen LogP contribution in [-0.4, -0.2) is 61.4 Å². The number of alkyl halides is 3. The van der Waals surface area contributed by atoms with E-state index in [1.54, 1.807) is 4.90 Å². The van der Waals surface area contributed by atoms with E-state index in [0.717, 1.165) is 25.6 Å². The minimum atomic E-state index is -5.73. The number of halogens is 3. The quantitative estimate of drug-likeness (QED) is 0.568. The Hall–Kier alpha value is -1.81. The molecule has 2 heterocycles. The van der Waals surface area contributed by atoms with E-state index >= 15 is 0 Å². The lowest BCUT2D eigenvalue weighted by atomic mass is 9.97. The zero-order valence-electron chi connectivity index (χ0n) is 15.0. The van der Waals surface area contributed by atoms with Gasteiger partial charge >= 0.3 is 15.6 Å². The maximum atomic E-state index is 12.8. The maximum Gasteiger partial charge on any atom is 0.534 e. The molecule has 150 valence electrons. The van der Waals surface area contributed by atoms with Crippen LogP contribution in [0.25, 0.3) is 0 Å². The van der Waals surface area contributed by atoms with Crippen LogP contribution in [-0.2, 0) is 16.5 Å². The van der Waals surface area contributed by atoms with Gasteiger partial charge in [-0.2, -0.15) is 21.6 Å². The zero-order chi connectivity index (χ0) is 20.0. The summed E-state index contributed by atoms with van der Waals surface area (Å²) in [5.41, 5.74) is -4.63. The molecule has 1 unspecified atom stereocenters. The number of benzene rings is 1. The number of fused-ring (bicyclic) bond motifs is 1. The highest BCUT2D eigenvalue weighted by molar-refractivity contribution is 7.88. The van der Waals surface area contributed by atoms with Gasteiger partial charge in [0.2, 0.25) is 0 Å². The molecular formula is C17H21F3N2O4S. The average Bonchev–Trinajstić information content (AvgIpc) is 3.03. The van der Waals surface area contributed by atoms with E-state index in [0.29, 0.717) is 30.1 Å². The summed E-state index contributed by atoms with van der Waals surface area (Å²) in [4.78, 5) is 16.9. The molecule has 2 aliphatic heterocycles. The summed E-state index contributed by atoms with van der Waals surface area (Å²) in [6, 6.07) is 4.12. The largest absolute Gasteiger partial charge is 0.534 e. The molecule has 0 spiro atoms. The summed E-state index contributed by atoms with van der Waals surface area (Å²) in [7, 11) is -5.73. The highest BCUT2D eigenvalue weighted by atomic mass is 32.2. The summed E-state index contributed by atoms with van der Waals surface area (Å²) < 4.78 is 63.8. The lowest BCUT2D eigenvalue weighted by molar-refractivity contribution is -0.0500. The molecule has 0 N–H and O–H groups in total. The van der Waals surface area contributed by atoms with E-state index in [2.05, 4.69) is 22.9 Å². The van der Waals surface area contributed by atoms with Gasteiger partial charge in [-0.3, -0.25) is 9.69 Å². The van der Waals surface area contributed by atoms with Crippen LogP contribution in [0.2, 0.25) is 0 Å². The molecule has 0 aromatic heterocycles. The number of hydrogen-bond donors (Lipinski definition) is 0. The molecule has 6 nitrogen and oxygen atoms in total. The van der Waals surface area contributed by atoms with Crippen LogP contribution in [0.3, 0.4) is 0 Å². The SMILES string of the molecule is CC(C)N1CCC(N2CCc3cc(OS(=O)(=O)C(F)(F)F)ccc3C2=O)C1. The van der Waals surface area contributed by atoms with Crippen LogP contribution in [0.15, 0.2) is 18.2 Å². The van der Waals surface area contributed by atoms with Crippen molar-refractivity contribution in [3.63, 3.8) is 0 Å². The van der Waals surface area contributed by atoms with Crippen molar-refractivity contribution in [1.82, 2.24) is 9.80 Å². The summed E-state index contributed by atoms with van der Waals surface area (Å²) in [5, 5.41) is 0. The third kappa shape index (κ3) is 3.91. The Kier molecular flexibility index (Phi) is 5.15. The van der Waals surface area contributed by atoms with E-state index < -0.39 is 21.4 Å². The molecule has 0 saturated carbocycles. The van der Waals surface area contributed by atoms with Crippen LogP contribution in [0.5, 0.6) is 5.75 Å². The van der Waals surface area contributed by atoms with Gasteiger partial charge in [0, 0.05) is 37.3 Å². The van der Waals surface area contributed by atoms with E-state index in [-0.39, 0.29) is 11.9 Å². The van der Waals surface area contributed by atoms with Crippen LogP contribution in [0.4, 0.5) is 13.2 Å². The fraction of sp³-hybridized carbons (Fsp3) is 0.588. The first-order valence-corrected chi connectivity index (χ1v) is 10.1. The van der Waals surface area contributed by atoms with Crippen molar-refractivity contribution in [2.45, 2.75) is 44.3 Å². The zero-order valence-corrected chi connectivity index (χ0v) is 15.8. The lowest BCUT2D eigenvalue weighted by Crippen LogP contribution is -2.46. The third-order valence-electron chi connectivity index (χ3n) is 5.05. The van der Waals surface area contributed by atoms with Gasteiger partial charge < -0.3 is 9.08 Å². The Morgan fingerprint density at radius 2 is 1.93 bits per heavy atom. The molecule has 1 aromatic rings. The molecule has 10 heteroatoms. The van der Waals surface area contributed by atoms with Crippen molar-refractivity contribution < 1.29 is 30.6 Å². The van der Waals surface area contributed by atoms with Crippen molar-refractivity contribution in [3.05, 3.63) is 29.3 Å². The fourth-order valence-corrected chi connectivity index (χ4v) is 4.00. The smallest absolute Gasteiger partial charge is 0.376 e. The number of carbonyl (C=O) groups excluding carboxylic acids is 1. The lowest BCUT2D eigenvalue weighted by Gasteiger charge is -2.34. The number of amides is 1. The molecule has 0 aliphatic carbocycles. The van der Waals surface area contributed by atoms with Gasteiger partial charge in [0.1, 0.15) is 5.75 Å². The van der Waals surface area contributed by atoms with Gasteiger partial charge in [0.05, 0.1) is 0 Å². The number of nitrogens with zero attached hydrogens (tertiary/aromatic N) is 2. The minimum Gasteiger partial charge on any atom is -0.376 e. The molecule has 1 atom stereocenters. The van der Waals surface area contributed by atoms with Crippen molar-refractivity contribution in [2.75, 3.05) is 19.6 Å². The van der Waals surface area contributed by atoms with Gasteiger partial charge in [-0.05, 0) is 50.5 Å². The van der Waals surface area contributed by atoms with Crippen LogP contribution < -0.4 is 4.18 Å². The summed E-state index contributed by atoms with van der Waals surface area (Å²) in [6.07, 6.45) is 1.31. The molecule has 1 saturated heterocycles. The Labute approximate surface area is 156 Å². The number of rotatable bonds is 4. The van der Waals surface area contributed by atoms with E-state index in [1.807, 2.05) is 0 Å². The predicted octanol–water partition coefficient (Wildman–Crippen LogP) is 2.40. The molecule has 3 rings (SSSR count). The average molecular weight is 406 g/mol. The first-order valence-electron chi connectivity index (χ1n) is 8.68. The summed E-state index contributed by atoms with van der Waals surface area (Å²) >= 11 is 0. The first kappa shape index (κ1) is 19.9. The maximum absolute atomic E-state index is 12.8. The predicted molar refractivity (Wildman–Crippen MR) is 91.9 cm³/mol. The van der Waals surface area contributed by atoms with E-state index in [4.69, 9.17) is 0 Å². The topological polar surface area (TPSA) is 66.9 Å². The van der Waals surface area contributed by atoms with Gasteiger partial charge in [-0.15, -0.1) is 0 Å². The normalized spacial score (nSPS) is 21.6. The molecule has 2 aliphatic rings. The third-order valence-corrected chi connectivity index (χ3v) is 6.02. The fourth-order valence-electron chi connectivity index (χ4n) is 3.55. The van der Waals surface area contributed by atoms with Crippen molar-refractivity contribution in [2.24, 2.45) is 0 Å². The van der Waals surface area contributed by atoms with Gasteiger partial charge in [-0.25, -0.2) is 0 Å². The second kappa shape index (κ2) is 6.97. The van der Waals surface area contributed by atoms with Gasteiger partial charge in [0.25, 0.3) is 5.91 Å². The monoisotopic (exact) mass is 406 g/mol. The Morgan fingerprint density at radius 1 is 1.22 bits per heavy atom. The van der Waals surface area contributed by atoms with Crippen molar-refractivity contribution in [1.29, 1.82) is 0 Å². The highest BCUT2D eigenvalue weighted by Crippen LogP contribution is 2.31. The summed E-state index contributed by atoms with van der Waals surface area (Å²) in [5.74, 6) is -0.628. The minimum absolute atomic E-state index is 0.106. The van der Waals surface area contributed by atoms with E-state index in [1.165, 1.54) is 12.1 Å². The molecular weight excluding hydrogens is 385 g/mol. The Morgan fingerprint density at radius 3 is 2.52 bits per heavy atom. The standard InChI is InChI=1S/C17H21F3N2O4S/c1-11(2)21-7-6-13(10-21)22-8-5-12-9-14(3-4-15(12)16(22)23)26-27(24,25)17(18,19)20/h3-4,9,11,13H,5-8,10H2,1-2H3. The van der Waals surface area contributed by atoms with Crippen LogP contribution in [0.1, 0.15) is 36.2 Å². The van der Waals surface area contributed by atoms with Crippen LogP contribution >= 0.6 is 0 Å². The second-order valence-electron chi connectivity index (χ2n) is 7.08. The molecule has 0 bridgehead atoms. The number of hydrogen-bond acceptors (Lipinski definition) is 5. The Bertz CT molecular complexity index is 839. The van der Waals surface area contributed by atoms with Crippen molar-refractivity contribution in [3.8, 4) is 5.75 Å².